The largest absolute Gasteiger partial charge is 0.466 e. The first-order chi connectivity index (χ1) is 8.16. The fourth-order valence-corrected chi connectivity index (χ4v) is 1.57. The summed E-state index contributed by atoms with van der Waals surface area (Å²) in [6, 6.07) is 0. The normalized spacial score (nSPS) is 12.9. The molecule has 100 valence electrons. The molecule has 0 aromatic carbocycles. The highest BCUT2D eigenvalue weighted by Gasteiger charge is 1.96. The van der Waals surface area contributed by atoms with Crippen LogP contribution in [0.15, 0.2) is 12.2 Å². The van der Waals surface area contributed by atoms with Crippen molar-refractivity contribution in [3.05, 3.63) is 12.2 Å². The van der Waals surface area contributed by atoms with Gasteiger partial charge < -0.3 is 9.84 Å². The van der Waals surface area contributed by atoms with Gasteiger partial charge in [0.2, 0.25) is 0 Å². The summed E-state index contributed by atoms with van der Waals surface area (Å²) in [4.78, 5) is 11.0. The van der Waals surface area contributed by atoms with Gasteiger partial charge in [-0.25, -0.2) is 0 Å². The van der Waals surface area contributed by atoms with Crippen molar-refractivity contribution in [2.75, 3.05) is 6.61 Å². The van der Waals surface area contributed by atoms with E-state index in [0.717, 1.165) is 25.7 Å². The SMILES string of the molecule is CCOC(=O)C/C=C\CCCCCC[C@H](C)O. The Morgan fingerprint density at radius 3 is 2.59 bits per heavy atom. The van der Waals surface area contributed by atoms with Crippen LogP contribution in [0, 0.1) is 0 Å². The molecular weight excluding hydrogens is 216 g/mol. The van der Waals surface area contributed by atoms with Crippen LogP contribution in [0.1, 0.15) is 58.8 Å². The molecule has 0 saturated carbocycles. The van der Waals surface area contributed by atoms with Crippen molar-refractivity contribution in [2.45, 2.75) is 64.9 Å². The van der Waals surface area contributed by atoms with E-state index in [-0.39, 0.29) is 12.1 Å². The second-order valence-corrected chi connectivity index (χ2v) is 4.32. The minimum Gasteiger partial charge on any atom is -0.466 e. The summed E-state index contributed by atoms with van der Waals surface area (Å²) in [6.45, 7) is 4.10. The monoisotopic (exact) mass is 242 g/mol. The molecule has 0 fully saturated rings. The summed E-state index contributed by atoms with van der Waals surface area (Å²) in [5.41, 5.74) is 0. The van der Waals surface area contributed by atoms with Crippen LogP contribution < -0.4 is 0 Å². The molecule has 1 atom stereocenters. The van der Waals surface area contributed by atoms with Crippen LogP contribution in [0.5, 0.6) is 0 Å². The van der Waals surface area contributed by atoms with Gasteiger partial charge in [-0.3, -0.25) is 4.79 Å². The van der Waals surface area contributed by atoms with E-state index in [1.807, 2.05) is 26.0 Å². The molecule has 0 rings (SSSR count). The number of aliphatic hydroxyl groups is 1. The van der Waals surface area contributed by atoms with E-state index in [9.17, 15) is 4.79 Å². The van der Waals surface area contributed by atoms with Crippen LogP contribution in [0.2, 0.25) is 0 Å². The molecule has 0 aliphatic rings. The lowest BCUT2D eigenvalue weighted by atomic mass is 10.1. The van der Waals surface area contributed by atoms with Gasteiger partial charge in [-0.1, -0.05) is 31.4 Å². The fraction of sp³-hybridized carbons (Fsp3) is 0.786. The van der Waals surface area contributed by atoms with Gasteiger partial charge in [0.25, 0.3) is 0 Å². The average molecular weight is 242 g/mol. The Bertz CT molecular complexity index is 210. The van der Waals surface area contributed by atoms with Crippen molar-refractivity contribution in [1.82, 2.24) is 0 Å². The van der Waals surface area contributed by atoms with Crippen molar-refractivity contribution in [3.8, 4) is 0 Å². The molecule has 0 amide bonds. The molecule has 0 aromatic rings. The van der Waals surface area contributed by atoms with E-state index < -0.39 is 0 Å². The average Bonchev–Trinajstić information content (AvgIpc) is 2.27. The Kier molecular flexibility index (Phi) is 11.1. The zero-order valence-corrected chi connectivity index (χ0v) is 11.2. The van der Waals surface area contributed by atoms with Gasteiger partial charge in [0.05, 0.1) is 19.1 Å². The molecule has 0 unspecified atom stereocenters. The minimum absolute atomic E-state index is 0.152. The maximum atomic E-state index is 11.0. The topological polar surface area (TPSA) is 46.5 Å². The highest BCUT2D eigenvalue weighted by molar-refractivity contribution is 5.71. The minimum atomic E-state index is -0.167. The van der Waals surface area contributed by atoms with Crippen molar-refractivity contribution >= 4 is 5.97 Å². The van der Waals surface area contributed by atoms with Gasteiger partial charge in [-0.2, -0.15) is 0 Å². The molecule has 3 nitrogen and oxygen atoms in total. The Morgan fingerprint density at radius 1 is 1.24 bits per heavy atom. The summed E-state index contributed by atoms with van der Waals surface area (Å²) in [5, 5.41) is 9.07. The number of rotatable bonds is 10. The molecule has 0 saturated heterocycles. The molecular formula is C14H26O3. The third-order valence-corrected chi connectivity index (χ3v) is 2.50. The summed E-state index contributed by atoms with van der Waals surface area (Å²) in [6.07, 6.45) is 10.7. The summed E-state index contributed by atoms with van der Waals surface area (Å²) in [7, 11) is 0. The molecule has 17 heavy (non-hydrogen) atoms. The highest BCUT2D eigenvalue weighted by Crippen LogP contribution is 2.07. The number of hydrogen-bond donors (Lipinski definition) is 1. The lowest BCUT2D eigenvalue weighted by molar-refractivity contribution is -0.142. The molecule has 0 aliphatic carbocycles. The summed E-state index contributed by atoms with van der Waals surface area (Å²) in [5.74, 6) is -0.152. The van der Waals surface area contributed by atoms with Crippen molar-refractivity contribution < 1.29 is 14.6 Å². The molecule has 0 radical (unpaired) electrons. The highest BCUT2D eigenvalue weighted by atomic mass is 16.5. The molecule has 0 bridgehead atoms. The second kappa shape index (κ2) is 11.6. The molecule has 0 aromatic heterocycles. The number of carbonyl (C=O) groups excluding carboxylic acids is 1. The van der Waals surface area contributed by atoms with Crippen LogP contribution in [0.3, 0.4) is 0 Å². The van der Waals surface area contributed by atoms with Gasteiger partial charge in [0.15, 0.2) is 0 Å². The van der Waals surface area contributed by atoms with Gasteiger partial charge in [-0.05, 0) is 33.1 Å². The van der Waals surface area contributed by atoms with Gasteiger partial charge >= 0.3 is 5.97 Å². The fourth-order valence-electron chi connectivity index (χ4n) is 1.57. The first-order valence-corrected chi connectivity index (χ1v) is 6.65. The maximum Gasteiger partial charge on any atom is 0.309 e. The lowest BCUT2D eigenvalue weighted by Crippen LogP contribution is -2.01. The van der Waals surface area contributed by atoms with Crippen LogP contribution in [-0.2, 0) is 9.53 Å². The summed E-state index contributed by atoms with van der Waals surface area (Å²) >= 11 is 0. The number of esters is 1. The number of aliphatic hydroxyl groups excluding tert-OH is 1. The molecule has 1 N–H and O–H groups in total. The number of carbonyl (C=O) groups is 1. The van der Waals surface area contributed by atoms with E-state index in [1.54, 1.807) is 0 Å². The third kappa shape index (κ3) is 13.1. The quantitative estimate of drug-likeness (QED) is 0.363. The molecule has 0 heterocycles. The van der Waals surface area contributed by atoms with Crippen LogP contribution >= 0.6 is 0 Å². The first-order valence-electron chi connectivity index (χ1n) is 6.65. The number of hydrogen-bond acceptors (Lipinski definition) is 3. The van der Waals surface area contributed by atoms with Crippen molar-refractivity contribution in [1.29, 1.82) is 0 Å². The molecule has 0 aliphatic heterocycles. The Hall–Kier alpha value is -0.830. The Labute approximate surface area is 105 Å². The van der Waals surface area contributed by atoms with Crippen molar-refractivity contribution in [3.63, 3.8) is 0 Å². The van der Waals surface area contributed by atoms with Gasteiger partial charge in [0, 0.05) is 0 Å². The van der Waals surface area contributed by atoms with Crippen LogP contribution in [0.25, 0.3) is 0 Å². The molecule has 3 heteroatoms. The number of allylic oxidation sites excluding steroid dienone is 1. The van der Waals surface area contributed by atoms with Crippen LogP contribution in [0.4, 0.5) is 0 Å². The van der Waals surface area contributed by atoms with Crippen molar-refractivity contribution in [2.24, 2.45) is 0 Å². The predicted molar refractivity (Wildman–Crippen MR) is 69.8 cm³/mol. The maximum absolute atomic E-state index is 11.0. The smallest absolute Gasteiger partial charge is 0.309 e. The first kappa shape index (κ1) is 16.2. The Morgan fingerprint density at radius 2 is 1.94 bits per heavy atom. The van der Waals surface area contributed by atoms with E-state index in [1.165, 1.54) is 12.8 Å². The second-order valence-electron chi connectivity index (χ2n) is 4.32. The van der Waals surface area contributed by atoms with Gasteiger partial charge in [0.1, 0.15) is 0 Å². The summed E-state index contributed by atoms with van der Waals surface area (Å²) < 4.78 is 4.81. The zero-order chi connectivity index (χ0) is 12.9. The van der Waals surface area contributed by atoms with E-state index >= 15 is 0 Å². The number of ether oxygens (including phenoxy) is 1. The van der Waals surface area contributed by atoms with Crippen LogP contribution in [-0.4, -0.2) is 23.8 Å². The third-order valence-electron chi connectivity index (χ3n) is 2.50. The number of unbranched alkanes of at least 4 members (excludes halogenated alkanes) is 4. The zero-order valence-electron chi connectivity index (χ0n) is 11.2. The van der Waals surface area contributed by atoms with Gasteiger partial charge in [-0.15, -0.1) is 0 Å². The molecule has 0 spiro atoms. The van der Waals surface area contributed by atoms with E-state index in [2.05, 4.69) is 0 Å². The predicted octanol–water partition coefficient (Wildman–Crippen LogP) is 3.22. The standard InChI is InChI=1S/C14H26O3/c1-3-17-14(16)12-10-8-6-4-5-7-9-11-13(2)15/h8,10,13,15H,3-7,9,11-12H2,1-2H3/b10-8-/t13-/m0/s1. The Balaban J connectivity index is 3.22. The van der Waals surface area contributed by atoms with E-state index in [0.29, 0.717) is 13.0 Å². The van der Waals surface area contributed by atoms with E-state index in [4.69, 9.17) is 9.84 Å². The lowest BCUT2D eigenvalue weighted by Gasteiger charge is -2.02.